The van der Waals surface area contributed by atoms with Gasteiger partial charge in [0.25, 0.3) is 0 Å². The van der Waals surface area contributed by atoms with Crippen molar-refractivity contribution in [2.75, 3.05) is 32.1 Å². The van der Waals surface area contributed by atoms with E-state index < -0.39 is 0 Å². The highest BCUT2D eigenvalue weighted by Gasteiger charge is 2.21. The number of guanidine groups is 1. The van der Waals surface area contributed by atoms with Crippen LogP contribution >= 0.6 is 35.3 Å². The number of nitrogens with zero attached hydrogens (tertiary/aromatic N) is 3. The van der Waals surface area contributed by atoms with Crippen LogP contribution in [-0.2, 0) is 12.0 Å². The monoisotopic (exact) mass is 487 g/mol. The van der Waals surface area contributed by atoms with Gasteiger partial charge < -0.3 is 15.5 Å². The van der Waals surface area contributed by atoms with E-state index in [9.17, 15) is 0 Å². The summed E-state index contributed by atoms with van der Waals surface area (Å²) in [5.41, 5.74) is 1.02. The molecule has 2 N–H and O–H groups in total. The molecule has 0 fully saturated rings. The minimum atomic E-state index is 0. The second-order valence-corrected chi connectivity index (χ2v) is 7.74. The molecule has 2 heterocycles. The first kappa shape index (κ1) is 22.7. The van der Waals surface area contributed by atoms with Crippen LogP contribution in [-0.4, -0.2) is 38.1 Å². The van der Waals surface area contributed by atoms with E-state index in [4.69, 9.17) is 0 Å². The van der Waals surface area contributed by atoms with Gasteiger partial charge in [0.15, 0.2) is 5.96 Å². The van der Waals surface area contributed by atoms with Crippen molar-refractivity contribution in [1.29, 1.82) is 0 Å². The van der Waals surface area contributed by atoms with Gasteiger partial charge in [0.05, 0.1) is 12.2 Å². The maximum Gasteiger partial charge on any atom is 0.191 e. The van der Waals surface area contributed by atoms with Gasteiger partial charge in [-0.3, -0.25) is 0 Å². The number of pyridine rings is 1. The maximum atomic E-state index is 4.69. The zero-order chi connectivity index (χ0) is 18.3. The molecule has 26 heavy (non-hydrogen) atoms. The average molecular weight is 487 g/mol. The smallest absolute Gasteiger partial charge is 0.191 e. The summed E-state index contributed by atoms with van der Waals surface area (Å²) in [6.07, 6.45) is 0. The lowest BCUT2D eigenvalue weighted by molar-refractivity contribution is 0.518. The van der Waals surface area contributed by atoms with E-state index in [0.29, 0.717) is 6.54 Å². The molecule has 0 bridgehead atoms. The van der Waals surface area contributed by atoms with Gasteiger partial charge in [-0.1, -0.05) is 26.0 Å². The van der Waals surface area contributed by atoms with Crippen LogP contribution in [0.5, 0.6) is 0 Å². The molecule has 144 valence electrons. The number of halogens is 1. The van der Waals surface area contributed by atoms with Crippen LogP contribution in [0.15, 0.2) is 40.7 Å². The van der Waals surface area contributed by atoms with Crippen LogP contribution in [0.2, 0.25) is 0 Å². The van der Waals surface area contributed by atoms with Crippen molar-refractivity contribution in [3.8, 4) is 0 Å². The van der Waals surface area contributed by atoms with E-state index in [1.807, 2.05) is 37.2 Å². The van der Waals surface area contributed by atoms with Crippen molar-refractivity contribution in [2.45, 2.75) is 32.7 Å². The highest BCUT2D eigenvalue weighted by Crippen LogP contribution is 2.26. The van der Waals surface area contributed by atoms with Gasteiger partial charge >= 0.3 is 0 Å². The topological polar surface area (TPSA) is 52.6 Å². The first-order valence-corrected chi connectivity index (χ1v) is 9.50. The minimum Gasteiger partial charge on any atom is -0.363 e. The van der Waals surface area contributed by atoms with Gasteiger partial charge in [-0.2, -0.15) is 0 Å². The number of aromatic nitrogens is 1. The quantitative estimate of drug-likeness (QED) is 0.354. The molecular weight excluding hydrogens is 457 g/mol. The largest absolute Gasteiger partial charge is 0.363 e. The van der Waals surface area contributed by atoms with Crippen molar-refractivity contribution in [3.63, 3.8) is 0 Å². The Labute approximate surface area is 178 Å². The Morgan fingerprint density at radius 2 is 1.96 bits per heavy atom. The molecule has 0 unspecified atom stereocenters. The molecule has 0 aliphatic rings. The molecule has 7 heteroatoms. The second kappa shape index (κ2) is 10.7. The van der Waals surface area contributed by atoms with Gasteiger partial charge in [0.2, 0.25) is 0 Å². The van der Waals surface area contributed by atoms with E-state index in [2.05, 4.69) is 58.9 Å². The predicted molar refractivity (Wildman–Crippen MR) is 124 cm³/mol. The van der Waals surface area contributed by atoms with Gasteiger partial charge in [0, 0.05) is 37.5 Å². The molecule has 2 aromatic rings. The summed E-state index contributed by atoms with van der Waals surface area (Å²) in [5.74, 6) is 1.77. The summed E-state index contributed by atoms with van der Waals surface area (Å²) in [4.78, 5) is 12.7. The third kappa shape index (κ3) is 6.75. The zero-order valence-electron chi connectivity index (χ0n) is 16.2. The molecule has 0 saturated heterocycles. The lowest BCUT2D eigenvalue weighted by Crippen LogP contribution is -2.43. The summed E-state index contributed by atoms with van der Waals surface area (Å²) in [6, 6.07) is 10.3. The van der Waals surface area contributed by atoms with Crippen LogP contribution in [0.1, 0.15) is 31.3 Å². The van der Waals surface area contributed by atoms with Crippen LogP contribution in [0.4, 0.5) is 5.82 Å². The van der Waals surface area contributed by atoms with Crippen molar-refractivity contribution in [1.82, 2.24) is 15.6 Å². The molecule has 0 aliphatic carbocycles. The fourth-order valence-corrected chi connectivity index (χ4v) is 3.21. The Balaban J connectivity index is 0.00000338. The van der Waals surface area contributed by atoms with E-state index in [-0.39, 0.29) is 29.4 Å². The first-order valence-electron chi connectivity index (χ1n) is 8.62. The predicted octanol–water partition coefficient (Wildman–Crippen LogP) is 3.86. The van der Waals surface area contributed by atoms with Crippen LogP contribution in [0.25, 0.3) is 0 Å². The zero-order valence-corrected chi connectivity index (χ0v) is 19.4. The van der Waals surface area contributed by atoms with Gasteiger partial charge in [-0.05, 0) is 30.5 Å². The minimum absolute atomic E-state index is 0. The standard InChI is InChI=1S/C19H29N5S.HI/c1-6-20-18(22-14-19(2,3)16-10-8-12-25-16)21-13-15-9-7-11-17(23-15)24(4)5;/h7-12H,6,13-14H2,1-5H3,(H2,20,21,22);1H. The fourth-order valence-electron chi connectivity index (χ4n) is 2.36. The lowest BCUT2D eigenvalue weighted by atomic mass is 9.91. The summed E-state index contributed by atoms with van der Waals surface area (Å²) < 4.78 is 0. The third-order valence-corrected chi connectivity index (χ3v) is 5.12. The van der Waals surface area contributed by atoms with Crippen molar-refractivity contribution >= 4 is 47.1 Å². The lowest BCUT2D eigenvalue weighted by Gasteiger charge is -2.25. The Morgan fingerprint density at radius 1 is 1.19 bits per heavy atom. The van der Waals surface area contributed by atoms with Crippen LogP contribution in [0, 0.1) is 0 Å². The molecule has 0 aromatic carbocycles. The molecule has 0 amide bonds. The second-order valence-electron chi connectivity index (χ2n) is 6.79. The number of hydrogen-bond donors (Lipinski definition) is 2. The fraction of sp³-hybridized carbons (Fsp3) is 0.474. The summed E-state index contributed by atoms with van der Waals surface area (Å²) in [7, 11) is 3.99. The molecule has 2 aromatic heterocycles. The Morgan fingerprint density at radius 3 is 2.58 bits per heavy atom. The molecule has 0 aliphatic heterocycles. The number of thiophene rings is 1. The Kier molecular flexibility index (Phi) is 9.35. The van der Waals surface area contributed by atoms with E-state index >= 15 is 0 Å². The summed E-state index contributed by atoms with van der Waals surface area (Å²) in [6.45, 7) is 8.78. The number of hydrogen-bond acceptors (Lipinski definition) is 4. The van der Waals surface area contributed by atoms with Gasteiger partial charge in [0.1, 0.15) is 5.82 Å². The Bertz CT molecular complexity index is 683. The van der Waals surface area contributed by atoms with Crippen molar-refractivity contribution in [3.05, 3.63) is 46.3 Å². The van der Waals surface area contributed by atoms with Crippen LogP contribution < -0.4 is 15.5 Å². The molecule has 0 atom stereocenters. The third-order valence-electron chi connectivity index (χ3n) is 3.88. The SMILES string of the molecule is CCNC(=NCc1cccc(N(C)C)n1)NCC(C)(C)c1cccs1.I. The number of rotatable bonds is 7. The highest BCUT2D eigenvalue weighted by molar-refractivity contribution is 14.0. The number of nitrogens with one attached hydrogen (secondary N) is 2. The molecule has 0 radical (unpaired) electrons. The van der Waals surface area contributed by atoms with E-state index in [0.717, 1.165) is 30.6 Å². The maximum absolute atomic E-state index is 4.69. The number of anilines is 1. The highest BCUT2D eigenvalue weighted by atomic mass is 127. The van der Waals surface area contributed by atoms with Crippen molar-refractivity contribution < 1.29 is 0 Å². The molecule has 5 nitrogen and oxygen atoms in total. The van der Waals surface area contributed by atoms with Gasteiger partial charge in [-0.25, -0.2) is 9.98 Å². The van der Waals surface area contributed by atoms with Crippen LogP contribution in [0.3, 0.4) is 0 Å². The van der Waals surface area contributed by atoms with E-state index in [1.54, 1.807) is 11.3 Å². The average Bonchev–Trinajstić information content (AvgIpc) is 3.13. The van der Waals surface area contributed by atoms with Crippen molar-refractivity contribution in [2.24, 2.45) is 4.99 Å². The molecule has 2 rings (SSSR count). The normalized spacial score (nSPS) is 11.7. The summed E-state index contributed by atoms with van der Waals surface area (Å²) in [5, 5.41) is 8.90. The molecule has 0 saturated carbocycles. The first-order chi connectivity index (χ1) is 11.9. The number of aliphatic imine (C=N–C) groups is 1. The Hall–Kier alpha value is -1.35. The van der Waals surface area contributed by atoms with Gasteiger partial charge in [-0.15, -0.1) is 35.3 Å². The van der Waals surface area contributed by atoms with E-state index in [1.165, 1.54) is 4.88 Å². The molecular formula is C19H30IN5S. The molecule has 0 spiro atoms. The summed E-state index contributed by atoms with van der Waals surface area (Å²) >= 11 is 1.79.